The lowest BCUT2D eigenvalue weighted by atomic mass is 9.81. The van der Waals surface area contributed by atoms with Crippen LogP contribution in [-0.4, -0.2) is 12.5 Å². The molecule has 0 aliphatic rings. The number of amides is 1. The van der Waals surface area contributed by atoms with Crippen LogP contribution in [0, 0.1) is 11.3 Å². The maximum Gasteiger partial charge on any atom is 0.221 e. The lowest BCUT2D eigenvalue weighted by Gasteiger charge is -2.29. The summed E-state index contributed by atoms with van der Waals surface area (Å²) in [7, 11) is 0. The minimum atomic E-state index is -0.233. The normalized spacial score (nSPS) is 13.4. The van der Waals surface area contributed by atoms with Gasteiger partial charge in [0.1, 0.15) is 0 Å². The van der Waals surface area contributed by atoms with E-state index in [4.69, 9.17) is 5.73 Å². The Balaban J connectivity index is 2.44. The van der Waals surface area contributed by atoms with Crippen LogP contribution in [0.5, 0.6) is 0 Å². The Morgan fingerprint density at radius 3 is 2.37 bits per heavy atom. The molecule has 3 heteroatoms. The fourth-order valence-corrected chi connectivity index (χ4v) is 1.62. The Kier molecular flexibility index (Phi) is 5.55. The van der Waals surface area contributed by atoms with Crippen molar-refractivity contribution < 1.29 is 4.79 Å². The fraction of sp³-hybridized carbons (Fsp3) is 0.562. The van der Waals surface area contributed by atoms with Crippen LogP contribution in [0.2, 0.25) is 0 Å². The molecule has 1 aromatic carbocycles. The molecule has 3 nitrogen and oxygen atoms in total. The molecule has 0 aliphatic carbocycles. The van der Waals surface area contributed by atoms with Gasteiger partial charge in [0.2, 0.25) is 5.91 Å². The predicted octanol–water partition coefficient (Wildman–Crippen LogP) is 2.87. The quantitative estimate of drug-likeness (QED) is 0.828. The highest BCUT2D eigenvalue weighted by molar-refractivity contribution is 5.76. The topological polar surface area (TPSA) is 55.1 Å². The molecule has 1 rings (SSSR count). The molecule has 1 amide bonds. The molecule has 0 aliphatic heterocycles. The van der Waals surface area contributed by atoms with E-state index < -0.39 is 0 Å². The summed E-state index contributed by atoms with van der Waals surface area (Å²) in [6.07, 6.45) is 0.332. The van der Waals surface area contributed by atoms with Crippen molar-refractivity contribution in [2.75, 3.05) is 6.54 Å². The second-order valence-electron chi connectivity index (χ2n) is 6.14. The summed E-state index contributed by atoms with van der Waals surface area (Å²) in [4.78, 5) is 11.9. The van der Waals surface area contributed by atoms with Gasteiger partial charge < -0.3 is 11.1 Å². The first-order valence-corrected chi connectivity index (χ1v) is 6.90. The maximum atomic E-state index is 11.9. The number of carbonyl (C=O) groups is 1. The van der Waals surface area contributed by atoms with Crippen molar-refractivity contribution in [2.45, 2.75) is 40.2 Å². The second-order valence-corrected chi connectivity index (χ2v) is 6.14. The van der Waals surface area contributed by atoms with E-state index in [-0.39, 0.29) is 17.4 Å². The van der Waals surface area contributed by atoms with Crippen LogP contribution >= 0.6 is 0 Å². The van der Waals surface area contributed by atoms with E-state index in [2.05, 4.69) is 33.0 Å². The molecule has 0 heterocycles. The van der Waals surface area contributed by atoms with E-state index in [9.17, 15) is 4.79 Å². The number of hydrogen-bond donors (Lipinski definition) is 2. The van der Waals surface area contributed by atoms with Crippen LogP contribution in [-0.2, 0) is 4.79 Å². The Labute approximate surface area is 116 Å². The molecule has 0 bridgehead atoms. The molecule has 3 N–H and O–H groups in total. The highest BCUT2D eigenvalue weighted by Gasteiger charge is 2.23. The molecule has 0 fully saturated rings. The highest BCUT2D eigenvalue weighted by atomic mass is 16.1. The van der Waals surface area contributed by atoms with Crippen LogP contribution in [0.1, 0.15) is 45.7 Å². The zero-order chi connectivity index (χ0) is 14.5. The summed E-state index contributed by atoms with van der Waals surface area (Å²) < 4.78 is 0. The smallest absolute Gasteiger partial charge is 0.221 e. The molecule has 0 aromatic heterocycles. The van der Waals surface area contributed by atoms with E-state index >= 15 is 0 Å². The van der Waals surface area contributed by atoms with Gasteiger partial charge in [0.15, 0.2) is 0 Å². The molecule has 1 atom stereocenters. The minimum Gasteiger partial charge on any atom is -0.355 e. The van der Waals surface area contributed by atoms with E-state index in [0.717, 1.165) is 5.56 Å². The van der Waals surface area contributed by atoms with Gasteiger partial charge >= 0.3 is 0 Å². The van der Waals surface area contributed by atoms with Crippen molar-refractivity contribution in [1.29, 1.82) is 0 Å². The van der Waals surface area contributed by atoms with Gasteiger partial charge in [-0.1, -0.05) is 58.0 Å². The first-order valence-electron chi connectivity index (χ1n) is 6.90. The van der Waals surface area contributed by atoms with E-state index in [1.165, 1.54) is 0 Å². The minimum absolute atomic E-state index is 0.0186. The van der Waals surface area contributed by atoms with Crippen molar-refractivity contribution in [3.05, 3.63) is 35.9 Å². The molecule has 0 saturated heterocycles. The molecular weight excluding hydrogens is 236 g/mol. The monoisotopic (exact) mass is 262 g/mol. The molecule has 0 spiro atoms. The Bertz CT molecular complexity index is 398. The number of hydrogen-bond acceptors (Lipinski definition) is 2. The first kappa shape index (κ1) is 15.7. The van der Waals surface area contributed by atoms with E-state index in [1.54, 1.807) is 0 Å². The van der Waals surface area contributed by atoms with Crippen molar-refractivity contribution in [1.82, 2.24) is 5.32 Å². The van der Waals surface area contributed by atoms with Crippen LogP contribution in [0.25, 0.3) is 0 Å². The zero-order valence-corrected chi connectivity index (χ0v) is 12.4. The summed E-state index contributed by atoms with van der Waals surface area (Å²) >= 11 is 0. The molecule has 0 saturated carbocycles. The first-order chi connectivity index (χ1) is 8.83. The van der Waals surface area contributed by atoms with Gasteiger partial charge in [-0.15, -0.1) is 0 Å². The number of benzene rings is 1. The van der Waals surface area contributed by atoms with Gasteiger partial charge in [-0.25, -0.2) is 0 Å². The Hall–Kier alpha value is -1.35. The van der Waals surface area contributed by atoms with Crippen molar-refractivity contribution in [3.63, 3.8) is 0 Å². The van der Waals surface area contributed by atoms with Gasteiger partial charge in [0.05, 0.1) is 0 Å². The fourth-order valence-electron chi connectivity index (χ4n) is 1.62. The number of nitrogens with two attached hydrogens (primary N) is 1. The average Bonchev–Trinajstić information content (AvgIpc) is 2.37. The van der Waals surface area contributed by atoms with Crippen LogP contribution < -0.4 is 11.1 Å². The van der Waals surface area contributed by atoms with Crippen molar-refractivity contribution in [3.8, 4) is 0 Å². The third-order valence-corrected chi connectivity index (χ3v) is 3.94. The molecule has 1 aromatic rings. The van der Waals surface area contributed by atoms with Gasteiger partial charge in [0.25, 0.3) is 0 Å². The Morgan fingerprint density at radius 1 is 1.26 bits per heavy atom. The SMILES string of the molecule is CC(C)C(C)(C)CNC(=O)CC(N)c1ccccc1. The van der Waals surface area contributed by atoms with Gasteiger partial charge in [-0.3, -0.25) is 4.79 Å². The summed E-state index contributed by atoms with van der Waals surface area (Å²) in [6, 6.07) is 9.50. The van der Waals surface area contributed by atoms with Gasteiger partial charge in [-0.05, 0) is 16.9 Å². The zero-order valence-electron chi connectivity index (χ0n) is 12.4. The third-order valence-electron chi connectivity index (χ3n) is 3.94. The highest BCUT2D eigenvalue weighted by Crippen LogP contribution is 2.24. The molecular formula is C16H26N2O. The summed E-state index contributed by atoms with van der Waals surface area (Å²) in [6.45, 7) is 9.35. The van der Waals surface area contributed by atoms with Crippen LogP contribution in [0.4, 0.5) is 0 Å². The predicted molar refractivity (Wildman–Crippen MR) is 79.6 cm³/mol. The van der Waals surface area contributed by atoms with Crippen molar-refractivity contribution >= 4 is 5.91 Å². The van der Waals surface area contributed by atoms with Gasteiger partial charge in [-0.2, -0.15) is 0 Å². The van der Waals surface area contributed by atoms with Gasteiger partial charge in [0, 0.05) is 19.0 Å². The Morgan fingerprint density at radius 2 is 1.84 bits per heavy atom. The third kappa shape index (κ3) is 5.03. The van der Waals surface area contributed by atoms with Crippen LogP contribution in [0.15, 0.2) is 30.3 Å². The number of nitrogens with one attached hydrogen (secondary N) is 1. The largest absolute Gasteiger partial charge is 0.355 e. The second kappa shape index (κ2) is 6.71. The molecule has 1 unspecified atom stereocenters. The molecule has 0 radical (unpaired) electrons. The summed E-state index contributed by atoms with van der Waals surface area (Å²) in [5, 5.41) is 2.99. The average molecular weight is 262 g/mol. The number of rotatable bonds is 6. The molecule has 19 heavy (non-hydrogen) atoms. The van der Waals surface area contributed by atoms with E-state index in [0.29, 0.717) is 18.9 Å². The molecule has 106 valence electrons. The standard InChI is InChI=1S/C16H26N2O/c1-12(2)16(3,4)11-18-15(19)10-14(17)13-8-6-5-7-9-13/h5-9,12,14H,10-11,17H2,1-4H3,(H,18,19). The van der Waals surface area contributed by atoms with E-state index in [1.807, 2.05) is 30.3 Å². The lowest BCUT2D eigenvalue weighted by molar-refractivity contribution is -0.122. The lowest BCUT2D eigenvalue weighted by Crippen LogP contribution is -2.38. The summed E-state index contributed by atoms with van der Waals surface area (Å²) in [5.74, 6) is 0.542. The maximum absolute atomic E-state index is 11.9. The van der Waals surface area contributed by atoms with Crippen LogP contribution in [0.3, 0.4) is 0 Å². The van der Waals surface area contributed by atoms with Crippen molar-refractivity contribution in [2.24, 2.45) is 17.1 Å². The number of carbonyl (C=O) groups excluding carboxylic acids is 1. The summed E-state index contributed by atoms with van der Waals surface area (Å²) in [5.41, 5.74) is 7.14.